The molecule has 0 saturated carbocycles. The van der Waals surface area contributed by atoms with Gasteiger partial charge >= 0.3 is 5.97 Å². The Morgan fingerprint density at radius 2 is 1.90 bits per heavy atom. The lowest BCUT2D eigenvalue weighted by molar-refractivity contribution is -0.137. The molecule has 0 aromatic heterocycles. The molecule has 1 atom stereocenters. The second-order valence-corrected chi connectivity index (χ2v) is 5.22. The molecule has 1 aromatic carbocycles. The molecule has 0 radical (unpaired) electrons. The van der Waals surface area contributed by atoms with E-state index in [1.807, 2.05) is 6.92 Å². The van der Waals surface area contributed by atoms with Crippen LogP contribution in [0.2, 0.25) is 10.0 Å². The van der Waals surface area contributed by atoms with E-state index in [0.717, 1.165) is 6.42 Å². The Morgan fingerprint density at radius 3 is 2.35 bits per heavy atom. The van der Waals surface area contributed by atoms with E-state index in [9.17, 15) is 9.59 Å². The number of halogens is 2. The van der Waals surface area contributed by atoms with Gasteiger partial charge in [0, 0.05) is 11.6 Å². The Morgan fingerprint density at radius 1 is 1.35 bits per heavy atom. The van der Waals surface area contributed by atoms with Crippen LogP contribution in [0.15, 0.2) is 12.1 Å². The largest absolute Gasteiger partial charge is 0.481 e. The fourth-order valence-corrected chi connectivity index (χ4v) is 2.26. The minimum absolute atomic E-state index is 0.129. The third kappa shape index (κ3) is 4.58. The lowest BCUT2D eigenvalue weighted by atomic mass is 10.1. The highest BCUT2D eigenvalue weighted by Crippen LogP contribution is 2.28. The number of benzene rings is 1. The molecule has 0 aliphatic heterocycles. The highest BCUT2D eigenvalue weighted by molar-refractivity contribution is 6.39. The summed E-state index contributed by atoms with van der Waals surface area (Å²) in [4.78, 5) is 22.8. The summed E-state index contributed by atoms with van der Waals surface area (Å²) >= 11 is 11.7. The fraction of sp³-hybridized carbons (Fsp3) is 0.385. The molecule has 0 spiro atoms. The van der Waals surface area contributed by atoms with Crippen LogP contribution in [0.1, 0.15) is 36.5 Å². The van der Waals surface area contributed by atoms with Gasteiger partial charge in [0.2, 0.25) is 0 Å². The predicted octanol–water partition coefficient (Wildman–Crippen LogP) is 2.95. The van der Waals surface area contributed by atoms with Gasteiger partial charge in [-0.15, -0.1) is 0 Å². The molecule has 0 saturated heterocycles. The number of hydrogen-bond acceptors (Lipinski definition) is 3. The van der Waals surface area contributed by atoms with Gasteiger partial charge in [0.15, 0.2) is 0 Å². The van der Waals surface area contributed by atoms with Gasteiger partial charge in [0.05, 0.1) is 22.2 Å². The van der Waals surface area contributed by atoms with E-state index in [-0.39, 0.29) is 27.7 Å². The molecule has 1 amide bonds. The summed E-state index contributed by atoms with van der Waals surface area (Å²) in [6, 6.07) is 2.38. The zero-order valence-corrected chi connectivity index (χ0v) is 12.5. The Labute approximate surface area is 127 Å². The van der Waals surface area contributed by atoms with E-state index in [1.165, 1.54) is 12.1 Å². The third-order valence-electron chi connectivity index (χ3n) is 2.73. The highest BCUT2D eigenvalue weighted by atomic mass is 35.5. The van der Waals surface area contributed by atoms with Crippen molar-refractivity contribution >= 4 is 40.8 Å². The number of nitrogens with one attached hydrogen (secondary N) is 1. The number of nitrogens with two attached hydrogens (primary N) is 1. The molecule has 1 aromatic rings. The molecular formula is C13H16Cl2N2O3. The summed E-state index contributed by atoms with van der Waals surface area (Å²) < 4.78 is 0. The summed E-state index contributed by atoms with van der Waals surface area (Å²) in [5.74, 6) is -1.38. The topological polar surface area (TPSA) is 92.4 Å². The first kappa shape index (κ1) is 16.6. The Balaban J connectivity index is 2.86. The van der Waals surface area contributed by atoms with Crippen molar-refractivity contribution in [3.05, 3.63) is 27.7 Å². The molecule has 1 rings (SSSR count). The molecule has 0 aliphatic rings. The van der Waals surface area contributed by atoms with Gasteiger partial charge in [0.25, 0.3) is 5.91 Å². The maximum Gasteiger partial charge on any atom is 0.305 e. The van der Waals surface area contributed by atoms with Gasteiger partial charge in [-0.3, -0.25) is 9.59 Å². The Hall–Kier alpha value is -1.46. The summed E-state index contributed by atoms with van der Waals surface area (Å²) in [6.45, 7) is 1.91. The van der Waals surface area contributed by atoms with Gasteiger partial charge in [-0.05, 0) is 18.6 Å². The molecule has 110 valence electrons. The first-order chi connectivity index (χ1) is 9.35. The van der Waals surface area contributed by atoms with Crippen molar-refractivity contribution in [3.8, 4) is 0 Å². The first-order valence-electron chi connectivity index (χ1n) is 6.12. The van der Waals surface area contributed by atoms with Crippen molar-refractivity contribution in [3.63, 3.8) is 0 Å². The molecule has 4 N–H and O–H groups in total. The number of anilines is 1. The number of nitrogen functional groups attached to an aromatic ring is 1. The quantitative estimate of drug-likeness (QED) is 0.703. The Bertz CT molecular complexity index is 497. The summed E-state index contributed by atoms with van der Waals surface area (Å²) in [5, 5.41) is 11.8. The molecule has 1 unspecified atom stereocenters. The number of aliphatic carboxylic acids is 1. The van der Waals surface area contributed by atoms with Crippen LogP contribution in [0.4, 0.5) is 5.69 Å². The molecule has 0 fully saturated rings. The number of carbonyl (C=O) groups excluding carboxylic acids is 1. The van der Waals surface area contributed by atoms with Gasteiger partial charge in [0.1, 0.15) is 0 Å². The van der Waals surface area contributed by atoms with Crippen molar-refractivity contribution < 1.29 is 14.7 Å². The van der Waals surface area contributed by atoms with Crippen LogP contribution in [-0.4, -0.2) is 23.0 Å². The molecule has 0 heterocycles. The number of carbonyl (C=O) groups is 2. The first-order valence-corrected chi connectivity index (χ1v) is 6.87. The third-order valence-corrected chi connectivity index (χ3v) is 3.36. The number of hydrogen-bond donors (Lipinski definition) is 3. The summed E-state index contributed by atoms with van der Waals surface area (Å²) in [7, 11) is 0. The standard InChI is InChI=1S/C13H16Cl2N2O3/c1-2-3-8(6-11(18)19)17-13(20)7-4-9(14)12(16)10(15)5-7/h4-5,8H,2-3,6,16H2,1H3,(H,17,20)(H,18,19). The minimum Gasteiger partial charge on any atom is -0.481 e. The molecule has 0 aliphatic carbocycles. The monoisotopic (exact) mass is 318 g/mol. The molecule has 7 heteroatoms. The fourth-order valence-electron chi connectivity index (χ4n) is 1.77. The minimum atomic E-state index is -0.961. The smallest absolute Gasteiger partial charge is 0.305 e. The van der Waals surface area contributed by atoms with Crippen molar-refractivity contribution in [2.75, 3.05) is 5.73 Å². The van der Waals surface area contributed by atoms with Crippen LogP contribution in [-0.2, 0) is 4.79 Å². The number of amides is 1. The van der Waals surface area contributed by atoms with E-state index >= 15 is 0 Å². The zero-order valence-electron chi connectivity index (χ0n) is 11.0. The Kier molecular flexibility index (Phi) is 6.10. The zero-order chi connectivity index (χ0) is 15.3. The van der Waals surface area contributed by atoms with Crippen LogP contribution in [0.5, 0.6) is 0 Å². The van der Waals surface area contributed by atoms with Gasteiger partial charge in [-0.1, -0.05) is 36.5 Å². The molecule has 5 nitrogen and oxygen atoms in total. The van der Waals surface area contributed by atoms with Crippen molar-refractivity contribution in [1.29, 1.82) is 0 Å². The molecule has 20 heavy (non-hydrogen) atoms. The van der Waals surface area contributed by atoms with Crippen LogP contribution >= 0.6 is 23.2 Å². The number of rotatable bonds is 6. The van der Waals surface area contributed by atoms with E-state index in [4.69, 9.17) is 34.0 Å². The molecule has 0 bridgehead atoms. The number of carboxylic acids is 1. The average molecular weight is 319 g/mol. The normalized spacial score (nSPS) is 11.9. The van der Waals surface area contributed by atoms with Crippen molar-refractivity contribution in [2.24, 2.45) is 0 Å². The van der Waals surface area contributed by atoms with E-state index in [1.54, 1.807) is 0 Å². The number of carboxylic acid groups (broad SMARTS) is 1. The van der Waals surface area contributed by atoms with Gasteiger partial charge in [-0.25, -0.2) is 0 Å². The van der Waals surface area contributed by atoms with Gasteiger partial charge in [-0.2, -0.15) is 0 Å². The van der Waals surface area contributed by atoms with Crippen LogP contribution in [0.25, 0.3) is 0 Å². The maximum absolute atomic E-state index is 12.1. The highest BCUT2D eigenvalue weighted by Gasteiger charge is 2.17. The van der Waals surface area contributed by atoms with Crippen LogP contribution in [0, 0.1) is 0 Å². The van der Waals surface area contributed by atoms with E-state index < -0.39 is 17.9 Å². The van der Waals surface area contributed by atoms with E-state index in [2.05, 4.69) is 5.32 Å². The average Bonchev–Trinajstić information content (AvgIpc) is 2.34. The lowest BCUT2D eigenvalue weighted by Crippen LogP contribution is -2.36. The van der Waals surface area contributed by atoms with Crippen LogP contribution in [0.3, 0.4) is 0 Å². The SMILES string of the molecule is CCCC(CC(=O)O)NC(=O)c1cc(Cl)c(N)c(Cl)c1. The van der Waals surface area contributed by atoms with Crippen LogP contribution < -0.4 is 11.1 Å². The molecular weight excluding hydrogens is 303 g/mol. The van der Waals surface area contributed by atoms with Gasteiger partial charge < -0.3 is 16.2 Å². The maximum atomic E-state index is 12.1. The summed E-state index contributed by atoms with van der Waals surface area (Å²) in [6.07, 6.45) is 1.21. The predicted molar refractivity (Wildman–Crippen MR) is 79.3 cm³/mol. The lowest BCUT2D eigenvalue weighted by Gasteiger charge is -2.16. The second-order valence-electron chi connectivity index (χ2n) is 4.41. The van der Waals surface area contributed by atoms with Crippen molar-refractivity contribution in [1.82, 2.24) is 5.32 Å². The summed E-state index contributed by atoms with van der Waals surface area (Å²) in [5.41, 5.74) is 6.05. The van der Waals surface area contributed by atoms with E-state index in [0.29, 0.717) is 6.42 Å². The second kappa shape index (κ2) is 7.36. The van der Waals surface area contributed by atoms with Crippen molar-refractivity contribution in [2.45, 2.75) is 32.2 Å².